The van der Waals surface area contributed by atoms with E-state index in [9.17, 15) is 19.5 Å². The number of amides is 2. The van der Waals surface area contributed by atoms with Gasteiger partial charge < -0.3 is 15.3 Å². The second-order valence-electron chi connectivity index (χ2n) is 6.69. The third-order valence-electron chi connectivity index (χ3n) is 5.03. The predicted octanol–water partition coefficient (Wildman–Crippen LogP) is 0.983. The van der Waals surface area contributed by atoms with E-state index in [1.54, 1.807) is 11.0 Å². The van der Waals surface area contributed by atoms with Crippen LogP contribution in [0.2, 0.25) is 0 Å². The van der Waals surface area contributed by atoms with E-state index in [1.807, 2.05) is 5.38 Å². The molecule has 3 heterocycles. The minimum absolute atomic E-state index is 0.00220. The fourth-order valence-corrected chi connectivity index (χ4v) is 4.41. The molecule has 130 valence electrons. The van der Waals surface area contributed by atoms with Crippen molar-refractivity contribution < 1.29 is 19.5 Å². The molecule has 2 saturated heterocycles. The minimum Gasteiger partial charge on any atom is -0.392 e. The van der Waals surface area contributed by atoms with Crippen LogP contribution in [0.3, 0.4) is 0 Å². The lowest BCUT2D eigenvalue weighted by molar-refractivity contribution is -0.154. The number of piperidine rings is 2. The number of Topliss-reactive ketones (excluding diaryl/α,β-unsaturated/α-hetero) is 1. The lowest BCUT2D eigenvalue weighted by Crippen LogP contribution is -2.62. The summed E-state index contributed by atoms with van der Waals surface area (Å²) < 4.78 is 0. The summed E-state index contributed by atoms with van der Waals surface area (Å²) in [6, 6.07) is 1.76. The lowest BCUT2D eigenvalue weighted by Gasteiger charge is -2.46. The van der Waals surface area contributed by atoms with Gasteiger partial charge in [-0.3, -0.25) is 14.4 Å². The van der Waals surface area contributed by atoms with Crippen molar-refractivity contribution in [3.05, 3.63) is 21.9 Å². The summed E-state index contributed by atoms with van der Waals surface area (Å²) in [5.41, 5.74) is -0.0470. The van der Waals surface area contributed by atoms with Gasteiger partial charge in [0, 0.05) is 19.6 Å². The van der Waals surface area contributed by atoms with Crippen molar-refractivity contribution in [1.82, 2.24) is 10.2 Å². The minimum atomic E-state index is -0.870. The number of hydrogen-bond acceptors (Lipinski definition) is 5. The molecule has 0 radical (unpaired) electrons. The zero-order chi connectivity index (χ0) is 17.3. The van der Waals surface area contributed by atoms with Gasteiger partial charge in [0.15, 0.2) is 5.78 Å². The lowest BCUT2D eigenvalue weighted by atomic mass is 9.71. The summed E-state index contributed by atoms with van der Waals surface area (Å²) >= 11 is 1.34. The molecule has 3 rings (SSSR count). The van der Waals surface area contributed by atoms with Crippen molar-refractivity contribution in [3.8, 4) is 0 Å². The number of aliphatic hydroxyl groups excluding tert-OH is 1. The molecule has 1 spiro atoms. The smallest absolute Gasteiger partial charge is 0.230 e. The zero-order valence-corrected chi connectivity index (χ0v) is 14.5. The summed E-state index contributed by atoms with van der Waals surface area (Å²) in [6.45, 7) is 2.86. The van der Waals surface area contributed by atoms with Gasteiger partial charge in [0.1, 0.15) is 0 Å². The molecule has 6 nitrogen and oxygen atoms in total. The number of aliphatic hydroxyl groups is 1. The van der Waals surface area contributed by atoms with Crippen LogP contribution in [-0.4, -0.2) is 53.3 Å². The Labute approximate surface area is 144 Å². The van der Waals surface area contributed by atoms with E-state index >= 15 is 0 Å². The molecule has 1 aromatic heterocycles. The molecule has 1 aromatic rings. The summed E-state index contributed by atoms with van der Waals surface area (Å²) in [6.07, 6.45) is 1.36. The monoisotopic (exact) mass is 350 g/mol. The van der Waals surface area contributed by atoms with Crippen molar-refractivity contribution in [1.29, 1.82) is 0 Å². The van der Waals surface area contributed by atoms with E-state index in [4.69, 9.17) is 0 Å². The molecule has 2 N–H and O–H groups in total. The second-order valence-corrected chi connectivity index (χ2v) is 7.60. The first-order valence-electron chi connectivity index (χ1n) is 8.25. The highest BCUT2D eigenvalue weighted by molar-refractivity contribution is 7.12. The number of ketones is 1. The Hall–Kier alpha value is -1.73. The van der Waals surface area contributed by atoms with Crippen LogP contribution in [0.4, 0.5) is 0 Å². The van der Waals surface area contributed by atoms with Crippen LogP contribution < -0.4 is 5.32 Å². The Kier molecular flexibility index (Phi) is 4.73. The highest BCUT2D eigenvalue weighted by Gasteiger charge is 2.50. The number of carbonyl (C=O) groups is 3. The quantitative estimate of drug-likeness (QED) is 0.796. The number of nitrogens with one attached hydrogen (secondary N) is 1. The van der Waals surface area contributed by atoms with Crippen LogP contribution in [0.1, 0.15) is 41.4 Å². The first-order chi connectivity index (χ1) is 11.4. The maximum Gasteiger partial charge on any atom is 0.230 e. The molecule has 0 unspecified atom stereocenters. The third kappa shape index (κ3) is 3.10. The Morgan fingerprint density at radius 2 is 2.29 bits per heavy atom. The molecule has 2 fully saturated rings. The predicted molar refractivity (Wildman–Crippen MR) is 89.9 cm³/mol. The van der Waals surface area contributed by atoms with Crippen LogP contribution in [0.5, 0.6) is 0 Å². The van der Waals surface area contributed by atoms with Gasteiger partial charge in [0.2, 0.25) is 11.8 Å². The Morgan fingerprint density at radius 1 is 1.50 bits per heavy atom. The van der Waals surface area contributed by atoms with E-state index < -0.39 is 11.5 Å². The van der Waals surface area contributed by atoms with Gasteiger partial charge in [-0.25, -0.2) is 0 Å². The normalized spacial score (nSPS) is 27.2. The molecule has 7 heteroatoms. The maximum atomic E-state index is 12.6. The van der Waals surface area contributed by atoms with Crippen LogP contribution in [0.15, 0.2) is 11.4 Å². The molecule has 0 bridgehead atoms. The number of nitrogens with zero attached hydrogens (tertiary/aromatic N) is 1. The van der Waals surface area contributed by atoms with Gasteiger partial charge in [0.05, 0.1) is 22.8 Å². The molecule has 24 heavy (non-hydrogen) atoms. The highest BCUT2D eigenvalue weighted by Crippen LogP contribution is 2.37. The summed E-state index contributed by atoms with van der Waals surface area (Å²) in [5, 5.41) is 15.0. The van der Waals surface area contributed by atoms with Crippen LogP contribution in [0, 0.1) is 5.41 Å². The molecular weight excluding hydrogens is 328 g/mol. The zero-order valence-electron chi connectivity index (χ0n) is 13.7. The SMILES string of the molecule is CC(=O)c1cc(CC(=O)N2CC[C@@H](O)[C@@]3(CCCNC3=O)C2)cs1. The Bertz CT molecular complexity index is 671. The molecule has 0 aliphatic carbocycles. The molecular formula is C17H22N2O4S. The van der Waals surface area contributed by atoms with Crippen LogP contribution in [0.25, 0.3) is 0 Å². The summed E-state index contributed by atoms with van der Waals surface area (Å²) in [4.78, 5) is 38.7. The molecule has 2 aliphatic heterocycles. The molecule has 2 aliphatic rings. The van der Waals surface area contributed by atoms with Gasteiger partial charge >= 0.3 is 0 Å². The topological polar surface area (TPSA) is 86.7 Å². The Balaban J connectivity index is 1.70. The standard InChI is InChI=1S/C17H22N2O4S/c1-11(20)13-7-12(9-24-13)8-15(22)19-6-3-14(21)17(10-19)4-2-5-18-16(17)23/h7,9,14,21H,2-6,8,10H2,1H3,(H,18,23)/t14-,17-/m1/s1. The Morgan fingerprint density at radius 3 is 2.96 bits per heavy atom. The van der Waals surface area contributed by atoms with E-state index in [0.29, 0.717) is 30.8 Å². The van der Waals surface area contributed by atoms with E-state index in [0.717, 1.165) is 12.0 Å². The van der Waals surface area contributed by atoms with Gasteiger partial charge in [-0.15, -0.1) is 11.3 Å². The third-order valence-corrected chi connectivity index (χ3v) is 6.11. The van der Waals surface area contributed by atoms with Gasteiger partial charge in [-0.1, -0.05) is 0 Å². The number of hydrogen-bond donors (Lipinski definition) is 2. The largest absolute Gasteiger partial charge is 0.392 e. The van der Waals surface area contributed by atoms with Crippen LogP contribution in [-0.2, 0) is 16.0 Å². The molecule has 0 aromatic carbocycles. The number of rotatable bonds is 3. The summed E-state index contributed by atoms with van der Waals surface area (Å²) in [5.74, 6) is -0.210. The average Bonchev–Trinajstić information content (AvgIpc) is 3.01. The highest BCUT2D eigenvalue weighted by atomic mass is 32.1. The van der Waals surface area contributed by atoms with Gasteiger partial charge in [0.25, 0.3) is 0 Å². The fourth-order valence-electron chi connectivity index (χ4n) is 3.60. The summed E-state index contributed by atoms with van der Waals surface area (Å²) in [7, 11) is 0. The van der Waals surface area contributed by atoms with Crippen molar-refractivity contribution in [2.45, 2.75) is 38.7 Å². The first-order valence-corrected chi connectivity index (χ1v) is 9.13. The molecule has 0 saturated carbocycles. The number of thiophene rings is 1. The van der Waals surface area contributed by atoms with E-state index in [1.165, 1.54) is 18.3 Å². The fraction of sp³-hybridized carbons (Fsp3) is 0.588. The van der Waals surface area contributed by atoms with Gasteiger partial charge in [-0.05, 0) is 43.2 Å². The van der Waals surface area contributed by atoms with Crippen molar-refractivity contribution in [3.63, 3.8) is 0 Å². The molecule has 2 amide bonds. The molecule has 2 atom stereocenters. The van der Waals surface area contributed by atoms with Crippen molar-refractivity contribution in [2.75, 3.05) is 19.6 Å². The first kappa shape index (κ1) is 17.1. The number of carbonyl (C=O) groups excluding carboxylic acids is 3. The van der Waals surface area contributed by atoms with E-state index in [-0.39, 0.29) is 30.6 Å². The average molecular weight is 350 g/mol. The van der Waals surface area contributed by atoms with Crippen molar-refractivity contribution in [2.24, 2.45) is 5.41 Å². The maximum absolute atomic E-state index is 12.6. The second kappa shape index (κ2) is 6.64. The number of likely N-dealkylation sites (tertiary alicyclic amines) is 1. The van der Waals surface area contributed by atoms with Crippen molar-refractivity contribution >= 4 is 28.9 Å². The van der Waals surface area contributed by atoms with Gasteiger partial charge in [-0.2, -0.15) is 0 Å². The van der Waals surface area contributed by atoms with E-state index in [2.05, 4.69) is 5.32 Å². The van der Waals surface area contributed by atoms with Crippen LogP contribution >= 0.6 is 11.3 Å².